The van der Waals surface area contributed by atoms with E-state index in [1.165, 1.54) is 12.1 Å². The Labute approximate surface area is 136 Å². The van der Waals surface area contributed by atoms with E-state index in [4.69, 9.17) is 10.5 Å². The highest BCUT2D eigenvalue weighted by molar-refractivity contribution is 5.48. The molecule has 23 heavy (non-hydrogen) atoms. The second-order valence-corrected chi connectivity index (χ2v) is 6.32. The lowest BCUT2D eigenvalue weighted by Crippen LogP contribution is -2.55. The zero-order valence-electron chi connectivity index (χ0n) is 13.8. The third-order valence-corrected chi connectivity index (χ3v) is 4.66. The van der Waals surface area contributed by atoms with Gasteiger partial charge in [0.2, 0.25) is 0 Å². The highest BCUT2D eigenvalue weighted by atomic mass is 16.6. The second-order valence-electron chi connectivity index (χ2n) is 6.32. The summed E-state index contributed by atoms with van der Waals surface area (Å²) in [6, 6.07) is 3.76. The van der Waals surface area contributed by atoms with Crippen molar-refractivity contribution in [3.8, 4) is 5.75 Å². The molecule has 0 radical (unpaired) electrons. The largest absolute Gasteiger partial charge is 0.484 e. The molecule has 6 heteroatoms. The van der Waals surface area contributed by atoms with Crippen molar-refractivity contribution in [2.75, 3.05) is 0 Å². The number of nitrogens with zero attached hydrogens (tertiary/aromatic N) is 1. The molecule has 0 saturated heterocycles. The van der Waals surface area contributed by atoms with Crippen LogP contribution in [-0.4, -0.2) is 21.7 Å². The average Bonchev–Trinajstić information content (AvgIpc) is 2.55. The maximum absolute atomic E-state index is 10.9. The molecule has 2 atom stereocenters. The molecule has 128 valence electrons. The number of nitrogens with two attached hydrogens (primary N) is 1. The minimum Gasteiger partial charge on any atom is -0.484 e. The van der Waals surface area contributed by atoms with Crippen molar-refractivity contribution in [1.82, 2.24) is 0 Å². The molecule has 0 fully saturated rings. The van der Waals surface area contributed by atoms with Crippen LogP contribution in [-0.2, 0) is 0 Å². The van der Waals surface area contributed by atoms with E-state index in [-0.39, 0.29) is 5.69 Å². The Morgan fingerprint density at radius 2 is 1.91 bits per heavy atom. The number of unbranched alkanes of at least 4 members (excludes halogenated alkanes) is 2. The first-order chi connectivity index (χ1) is 10.9. The quantitative estimate of drug-likeness (QED) is 0.591. The van der Waals surface area contributed by atoms with Gasteiger partial charge in [0.05, 0.1) is 11.0 Å². The van der Waals surface area contributed by atoms with E-state index < -0.39 is 22.7 Å². The van der Waals surface area contributed by atoms with Crippen molar-refractivity contribution in [3.05, 3.63) is 33.9 Å². The number of aliphatic hydroxyl groups is 1. The summed E-state index contributed by atoms with van der Waals surface area (Å²) in [6.45, 7) is 4.19. The van der Waals surface area contributed by atoms with Crippen LogP contribution in [0.25, 0.3) is 0 Å². The molecular weight excluding hydrogens is 296 g/mol. The van der Waals surface area contributed by atoms with Gasteiger partial charge in [0.1, 0.15) is 17.5 Å². The molecule has 0 amide bonds. The predicted octanol–water partition coefficient (Wildman–Crippen LogP) is 3.47. The van der Waals surface area contributed by atoms with Crippen molar-refractivity contribution >= 4 is 5.69 Å². The number of nitro benzene ring substituents is 1. The minimum absolute atomic E-state index is 0.0374. The molecule has 0 saturated carbocycles. The van der Waals surface area contributed by atoms with Gasteiger partial charge in [0, 0.05) is 17.7 Å². The van der Waals surface area contributed by atoms with Gasteiger partial charge in [-0.1, -0.05) is 26.7 Å². The third kappa shape index (κ3) is 3.48. The maximum Gasteiger partial charge on any atom is 0.270 e. The number of nitro groups is 1. The average molecular weight is 322 g/mol. The van der Waals surface area contributed by atoms with Gasteiger partial charge in [-0.25, -0.2) is 0 Å². The fourth-order valence-electron chi connectivity index (χ4n) is 3.25. The van der Waals surface area contributed by atoms with Crippen molar-refractivity contribution in [3.63, 3.8) is 0 Å². The maximum atomic E-state index is 10.9. The fourth-order valence-corrected chi connectivity index (χ4v) is 3.25. The Hall–Kier alpha value is -1.66. The molecule has 0 spiro atoms. The molecule has 1 aliphatic rings. The second kappa shape index (κ2) is 7.27. The molecule has 2 unspecified atom stereocenters. The predicted molar refractivity (Wildman–Crippen MR) is 88.4 cm³/mol. The number of hydrogen-bond donors (Lipinski definition) is 2. The van der Waals surface area contributed by atoms with E-state index >= 15 is 0 Å². The van der Waals surface area contributed by atoms with E-state index in [9.17, 15) is 15.2 Å². The van der Waals surface area contributed by atoms with E-state index in [2.05, 4.69) is 13.8 Å². The number of non-ortho nitro benzene ring substituents is 1. The van der Waals surface area contributed by atoms with Crippen LogP contribution >= 0.6 is 0 Å². The monoisotopic (exact) mass is 322 g/mol. The molecule has 3 N–H and O–H groups in total. The summed E-state index contributed by atoms with van der Waals surface area (Å²) < 4.78 is 6.19. The molecular formula is C17H26N2O4. The number of fused-ring (bicyclic) bond motifs is 1. The standard InChI is InChI=1S/C17H26N2O4/c1-3-5-9-17(10-6-4-2)16(20)15(18)13-11-12(19(21)22)7-8-14(13)23-17/h7-8,11,15-16,20H,3-6,9-10,18H2,1-2H3. The topological polar surface area (TPSA) is 98.6 Å². The lowest BCUT2D eigenvalue weighted by atomic mass is 9.78. The summed E-state index contributed by atoms with van der Waals surface area (Å²) in [6.07, 6.45) is 4.49. The third-order valence-electron chi connectivity index (χ3n) is 4.66. The van der Waals surface area contributed by atoms with Crippen LogP contribution in [0.15, 0.2) is 18.2 Å². The first kappa shape index (κ1) is 17.7. The SMILES string of the molecule is CCCCC1(CCCC)Oc2ccc([N+](=O)[O-])cc2C(N)C1O. The smallest absolute Gasteiger partial charge is 0.270 e. The number of ether oxygens (including phenoxy) is 1. The van der Waals surface area contributed by atoms with Crippen LogP contribution in [0.1, 0.15) is 64.0 Å². The number of rotatable bonds is 7. The normalized spacial score (nSPS) is 22.3. The summed E-state index contributed by atoms with van der Waals surface area (Å²) in [5.74, 6) is 0.556. The van der Waals surface area contributed by atoms with Crippen LogP contribution in [0.3, 0.4) is 0 Å². The molecule has 1 heterocycles. The molecule has 0 bridgehead atoms. The molecule has 2 rings (SSSR count). The van der Waals surface area contributed by atoms with Gasteiger partial charge in [0.25, 0.3) is 5.69 Å². The first-order valence-corrected chi connectivity index (χ1v) is 8.36. The zero-order valence-corrected chi connectivity index (χ0v) is 13.8. The van der Waals surface area contributed by atoms with Crippen LogP contribution in [0.2, 0.25) is 0 Å². The minimum atomic E-state index is -0.866. The summed E-state index contributed by atoms with van der Waals surface area (Å²) in [5.41, 5.74) is 6.00. The van der Waals surface area contributed by atoms with Gasteiger partial charge in [-0.15, -0.1) is 0 Å². The number of aliphatic hydroxyl groups excluding tert-OH is 1. The van der Waals surface area contributed by atoms with Crippen molar-refractivity contribution in [2.45, 2.75) is 70.1 Å². The van der Waals surface area contributed by atoms with E-state index in [1.54, 1.807) is 6.07 Å². The Bertz CT molecular complexity index is 554. The van der Waals surface area contributed by atoms with Gasteiger partial charge in [0.15, 0.2) is 0 Å². The van der Waals surface area contributed by atoms with Gasteiger partial charge in [-0.2, -0.15) is 0 Å². The van der Waals surface area contributed by atoms with Crippen LogP contribution in [0.5, 0.6) is 5.75 Å². The number of hydrogen-bond acceptors (Lipinski definition) is 5. The Morgan fingerprint density at radius 1 is 1.30 bits per heavy atom. The molecule has 6 nitrogen and oxygen atoms in total. The fraction of sp³-hybridized carbons (Fsp3) is 0.647. The number of benzene rings is 1. The molecule has 0 aromatic heterocycles. The van der Waals surface area contributed by atoms with Crippen LogP contribution in [0, 0.1) is 10.1 Å². The van der Waals surface area contributed by atoms with Crippen molar-refractivity contribution < 1.29 is 14.8 Å². The summed E-state index contributed by atoms with van der Waals surface area (Å²) in [7, 11) is 0. The Morgan fingerprint density at radius 3 is 2.43 bits per heavy atom. The summed E-state index contributed by atoms with van der Waals surface area (Å²) >= 11 is 0. The summed E-state index contributed by atoms with van der Waals surface area (Å²) in [5, 5.41) is 21.7. The molecule has 1 aliphatic heterocycles. The van der Waals surface area contributed by atoms with Gasteiger partial charge in [-0.05, 0) is 31.7 Å². The molecule has 0 aliphatic carbocycles. The van der Waals surface area contributed by atoms with Gasteiger partial charge < -0.3 is 15.6 Å². The van der Waals surface area contributed by atoms with E-state index in [0.717, 1.165) is 38.5 Å². The lowest BCUT2D eigenvalue weighted by Gasteiger charge is -2.45. The van der Waals surface area contributed by atoms with Crippen LogP contribution in [0.4, 0.5) is 5.69 Å². The lowest BCUT2D eigenvalue weighted by molar-refractivity contribution is -0.385. The van der Waals surface area contributed by atoms with E-state index in [1.807, 2.05) is 0 Å². The van der Waals surface area contributed by atoms with Crippen LogP contribution < -0.4 is 10.5 Å². The summed E-state index contributed by atoms with van der Waals surface area (Å²) in [4.78, 5) is 10.5. The first-order valence-electron chi connectivity index (χ1n) is 8.36. The van der Waals surface area contributed by atoms with Gasteiger partial charge in [-0.3, -0.25) is 10.1 Å². The van der Waals surface area contributed by atoms with Gasteiger partial charge >= 0.3 is 0 Å². The van der Waals surface area contributed by atoms with E-state index in [0.29, 0.717) is 11.3 Å². The van der Waals surface area contributed by atoms with Crippen molar-refractivity contribution in [1.29, 1.82) is 0 Å². The highest BCUT2D eigenvalue weighted by Gasteiger charge is 2.47. The molecule has 1 aromatic carbocycles. The van der Waals surface area contributed by atoms with Crippen molar-refractivity contribution in [2.24, 2.45) is 5.73 Å². The zero-order chi connectivity index (χ0) is 17.0. The molecule has 1 aromatic rings. The Balaban J connectivity index is 2.39. The Kier molecular flexibility index (Phi) is 5.59. The highest BCUT2D eigenvalue weighted by Crippen LogP contribution is 2.44.